The van der Waals surface area contributed by atoms with Gasteiger partial charge in [-0.15, -0.1) is 0 Å². The molecule has 4 aromatic rings. The van der Waals surface area contributed by atoms with Gasteiger partial charge < -0.3 is 0 Å². The molecule has 4 aromatic carbocycles. The first-order valence-corrected chi connectivity index (χ1v) is 7.82. The summed E-state index contributed by atoms with van der Waals surface area (Å²) < 4.78 is 1.47. The Morgan fingerprint density at radius 2 is 1.21 bits per heavy atom. The van der Waals surface area contributed by atoms with Crippen molar-refractivity contribution in [2.45, 2.75) is 0 Å². The molecule has 87 valence electrons. The molecule has 4 rings (SSSR count). The van der Waals surface area contributed by atoms with E-state index in [1.165, 1.54) is 58.4 Å². The van der Waals surface area contributed by atoms with Crippen LogP contribution in [0.5, 0.6) is 0 Å². The molecule has 0 aliphatic rings. The molecule has 1 heteroatoms. The predicted molar refractivity (Wildman–Crippen MR) is 84.3 cm³/mol. The van der Waals surface area contributed by atoms with E-state index in [-0.39, 0.29) is 0 Å². The molecule has 0 nitrogen and oxygen atoms in total. The number of hydrogen-bond donors (Lipinski definition) is 0. The molecule has 0 N–H and O–H groups in total. The van der Waals surface area contributed by atoms with Crippen molar-refractivity contribution in [1.29, 1.82) is 0 Å². The normalized spacial score (nSPS) is 11.4. The van der Waals surface area contributed by atoms with Gasteiger partial charge in [-0.25, -0.2) is 0 Å². The first-order valence-electron chi connectivity index (χ1n) is 6.39. The van der Waals surface area contributed by atoms with Gasteiger partial charge in [-0.1, -0.05) is 0 Å². The van der Waals surface area contributed by atoms with Gasteiger partial charge in [0.2, 0.25) is 0 Å². The standard InChI is InChI=1S/C18H11.Sn/c1-2-7-15-12-18-16(11-14(15)6-1)10-9-13-5-3-4-8-17(13)18;/h1-11H;. The van der Waals surface area contributed by atoms with Crippen LogP contribution in [-0.4, -0.2) is 22.5 Å². The zero-order valence-electron chi connectivity index (χ0n) is 10.4. The molecule has 0 bridgehead atoms. The molecule has 0 aromatic heterocycles. The average Bonchev–Trinajstić information content (AvgIpc) is 2.47. The first kappa shape index (κ1) is 11.3. The fraction of sp³-hybridized carbons (Fsp3) is 0. The number of rotatable bonds is 0. The molecule has 0 unspecified atom stereocenters. The van der Waals surface area contributed by atoms with Gasteiger partial charge in [-0.2, -0.15) is 0 Å². The fourth-order valence-electron chi connectivity index (χ4n) is 2.84. The van der Waals surface area contributed by atoms with Crippen LogP contribution in [0.1, 0.15) is 0 Å². The van der Waals surface area contributed by atoms with E-state index >= 15 is 0 Å². The van der Waals surface area contributed by atoms with Crippen LogP contribution < -0.4 is 3.58 Å². The molecule has 0 aliphatic heterocycles. The molecule has 0 atom stereocenters. The van der Waals surface area contributed by atoms with E-state index in [9.17, 15) is 0 Å². The Kier molecular flexibility index (Phi) is 2.52. The second kappa shape index (κ2) is 4.24. The maximum absolute atomic E-state index is 2.31. The van der Waals surface area contributed by atoms with Gasteiger partial charge in [0.25, 0.3) is 0 Å². The minimum absolute atomic E-state index is 1.33. The third-order valence-corrected chi connectivity index (χ3v) is 5.23. The van der Waals surface area contributed by atoms with Crippen LogP contribution in [0.2, 0.25) is 0 Å². The molecule has 0 fully saturated rings. The minimum atomic E-state index is 1.33. The Morgan fingerprint density at radius 3 is 2.05 bits per heavy atom. The Balaban J connectivity index is 2.33. The molecular weight excluding hydrogens is 335 g/mol. The van der Waals surface area contributed by atoms with Crippen LogP contribution in [0.15, 0.2) is 66.7 Å². The third kappa shape index (κ3) is 1.67. The van der Waals surface area contributed by atoms with Gasteiger partial charge in [-0.3, -0.25) is 0 Å². The molecular formula is C18H11Sn. The molecule has 0 aliphatic carbocycles. The summed E-state index contributed by atoms with van der Waals surface area (Å²) in [6, 6.07) is 24.1. The summed E-state index contributed by atoms with van der Waals surface area (Å²) in [5.74, 6) is 0. The third-order valence-electron chi connectivity index (χ3n) is 3.75. The molecule has 19 heavy (non-hydrogen) atoms. The van der Waals surface area contributed by atoms with E-state index in [1.807, 2.05) is 0 Å². The van der Waals surface area contributed by atoms with Gasteiger partial charge in [0.05, 0.1) is 0 Å². The van der Waals surface area contributed by atoms with Crippen LogP contribution in [0.3, 0.4) is 0 Å². The Labute approximate surface area is 125 Å². The van der Waals surface area contributed by atoms with E-state index in [2.05, 4.69) is 66.7 Å². The zero-order chi connectivity index (χ0) is 12.8. The topological polar surface area (TPSA) is 0 Å². The quantitative estimate of drug-likeness (QED) is 0.257. The van der Waals surface area contributed by atoms with E-state index in [0.717, 1.165) is 0 Å². The molecule has 0 saturated heterocycles. The molecule has 0 spiro atoms. The Hall–Kier alpha value is -1.54. The Bertz CT molecular complexity index is 922. The summed E-state index contributed by atoms with van der Waals surface area (Å²) in [5.41, 5.74) is 0. The Morgan fingerprint density at radius 1 is 0.579 bits per heavy atom. The number of fused-ring (bicyclic) bond motifs is 4. The monoisotopic (exact) mass is 347 g/mol. The summed E-state index contributed by atoms with van der Waals surface area (Å²) in [4.78, 5) is 0. The van der Waals surface area contributed by atoms with Crippen molar-refractivity contribution in [1.82, 2.24) is 0 Å². The van der Waals surface area contributed by atoms with Gasteiger partial charge in [0.15, 0.2) is 0 Å². The van der Waals surface area contributed by atoms with Crippen LogP contribution in [-0.2, 0) is 0 Å². The van der Waals surface area contributed by atoms with Crippen molar-refractivity contribution in [3.8, 4) is 0 Å². The van der Waals surface area contributed by atoms with E-state index in [0.29, 0.717) is 0 Å². The van der Waals surface area contributed by atoms with Gasteiger partial charge >= 0.3 is 125 Å². The first-order chi connectivity index (χ1) is 9.34. The van der Waals surface area contributed by atoms with Crippen molar-refractivity contribution in [2.75, 3.05) is 0 Å². The average molecular weight is 346 g/mol. The van der Waals surface area contributed by atoms with Crippen molar-refractivity contribution in [3.05, 3.63) is 66.7 Å². The van der Waals surface area contributed by atoms with E-state index in [4.69, 9.17) is 0 Å². The summed E-state index contributed by atoms with van der Waals surface area (Å²) >= 11 is 1.48. The van der Waals surface area contributed by atoms with Gasteiger partial charge in [-0.05, 0) is 0 Å². The molecule has 0 saturated carbocycles. The van der Waals surface area contributed by atoms with Crippen molar-refractivity contribution in [3.63, 3.8) is 0 Å². The second-order valence-electron chi connectivity index (χ2n) is 4.86. The van der Waals surface area contributed by atoms with E-state index < -0.39 is 0 Å². The molecule has 0 heterocycles. The number of benzene rings is 4. The number of hydrogen-bond acceptors (Lipinski definition) is 0. The summed E-state index contributed by atoms with van der Waals surface area (Å²) in [6.45, 7) is 0. The molecule has 3 radical (unpaired) electrons. The van der Waals surface area contributed by atoms with Crippen molar-refractivity contribution >= 4 is 58.4 Å². The van der Waals surface area contributed by atoms with Crippen LogP contribution in [0, 0.1) is 0 Å². The summed E-state index contributed by atoms with van der Waals surface area (Å²) in [7, 11) is 0. The summed E-state index contributed by atoms with van der Waals surface area (Å²) in [6.07, 6.45) is 0. The van der Waals surface area contributed by atoms with Crippen LogP contribution >= 0.6 is 0 Å². The second-order valence-corrected chi connectivity index (χ2v) is 6.28. The van der Waals surface area contributed by atoms with Crippen LogP contribution in [0.4, 0.5) is 0 Å². The van der Waals surface area contributed by atoms with Crippen LogP contribution in [0.25, 0.3) is 32.3 Å². The van der Waals surface area contributed by atoms with Crippen molar-refractivity contribution in [2.24, 2.45) is 0 Å². The summed E-state index contributed by atoms with van der Waals surface area (Å²) in [5, 5.41) is 8.22. The maximum atomic E-state index is 2.31. The van der Waals surface area contributed by atoms with Crippen molar-refractivity contribution < 1.29 is 0 Å². The van der Waals surface area contributed by atoms with Gasteiger partial charge in [0, 0.05) is 0 Å². The van der Waals surface area contributed by atoms with E-state index in [1.54, 1.807) is 0 Å². The fourth-order valence-corrected chi connectivity index (χ4v) is 4.29. The molecule has 0 amide bonds. The predicted octanol–water partition coefficient (Wildman–Crippen LogP) is 3.94. The SMILES string of the molecule is [Sn][c]1c2ccccc2cc2ccc3ccccc3c12. The zero-order valence-corrected chi connectivity index (χ0v) is 13.2. The van der Waals surface area contributed by atoms with Gasteiger partial charge in [0.1, 0.15) is 0 Å².